The van der Waals surface area contributed by atoms with Crippen LogP contribution in [0.5, 0.6) is 0 Å². The summed E-state index contributed by atoms with van der Waals surface area (Å²) in [6.45, 7) is 4.08. The first-order chi connectivity index (χ1) is 7.07. The zero-order chi connectivity index (χ0) is 11.4. The molecule has 15 heavy (non-hydrogen) atoms. The molecule has 1 atom stereocenters. The zero-order valence-corrected chi connectivity index (χ0v) is 10.8. The SMILES string of the molecule is CCC(C)N(C)C(=O)c1ncccc1Br. The molecule has 0 spiro atoms. The third-order valence-corrected chi connectivity index (χ3v) is 3.17. The van der Waals surface area contributed by atoms with Gasteiger partial charge in [0.25, 0.3) is 5.91 Å². The molecule has 0 fully saturated rings. The molecular formula is C11H15BrN2O. The largest absolute Gasteiger partial charge is 0.338 e. The van der Waals surface area contributed by atoms with Gasteiger partial charge in [0.2, 0.25) is 0 Å². The number of amides is 1. The van der Waals surface area contributed by atoms with Crippen molar-refractivity contribution in [3.05, 3.63) is 28.5 Å². The van der Waals surface area contributed by atoms with Crippen LogP contribution in [0.3, 0.4) is 0 Å². The monoisotopic (exact) mass is 270 g/mol. The van der Waals surface area contributed by atoms with Gasteiger partial charge >= 0.3 is 0 Å². The number of halogens is 1. The molecule has 0 saturated carbocycles. The van der Waals surface area contributed by atoms with Crippen molar-refractivity contribution in [3.8, 4) is 0 Å². The first-order valence-corrected chi connectivity index (χ1v) is 5.74. The predicted molar refractivity (Wildman–Crippen MR) is 63.8 cm³/mol. The van der Waals surface area contributed by atoms with E-state index in [1.807, 2.05) is 13.0 Å². The molecule has 1 amide bonds. The lowest BCUT2D eigenvalue weighted by Crippen LogP contribution is -2.35. The summed E-state index contributed by atoms with van der Waals surface area (Å²) in [4.78, 5) is 17.8. The molecule has 0 aliphatic carbocycles. The molecule has 0 N–H and O–H groups in total. The van der Waals surface area contributed by atoms with Gasteiger partial charge in [-0.2, -0.15) is 0 Å². The summed E-state index contributed by atoms with van der Waals surface area (Å²) in [5.74, 6) is -0.0446. The predicted octanol–water partition coefficient (Wildman–Crippen LogP) is 2.71. The highest BCUT2D eigenvalue weighted by atomic mass is 79.9. The topological polar surface area (TPSA) is 33.2 Å². The van der Waals surface area contributed by atoms with Gasteiger partial charge in [-0.05, 0) is 41.4 Å². The lowest BCUT2D eigenvalue weighted by atomic mass is 10.2. The molecule has 1 aromatic rings. The van der Waals surface area contributed by atoms with Crippen LogP contribution in [0.25, 0.3) is 0 Å². The van der Waals surface area contributed by atoms with E-state index in [2.05, 4.69) is 27.8 Å². The third kappa shape index (κ3) is 2.78. The summed E-state index contributed by atoms with van der Waals surface area (Å²) in [6, 6.07) is 3.85. The first kappa shape index (κ1) is 12.2. The van der Waals surface area contributed by atoms with Gasteiger partial charge in [-0.25, -0.2) is 4.98 Å². The molecule has 0 aliphatic heterocycles. The average Bonchev–Trinajstić information content (AvgIpc) is 2.26. The Kier molecular flexibility index (Phi) is 4.27. The smallest absolute Gasteiger partial charge is 0.273 e. The fraction of sp³-hybridized carbons (Fsp3) is 0.455. The third-order valence-electron chi connectivity index (χ3n) is 2.53. The van der Waals surface area contributed by atoms with E-state index in [9.17, 15) is 4.79 Å². The summed E-state index contributed by atoms with van der Waals surface area (Å²) in [6.07, 6.45) is 2.56. The van der Waals surface area contributed by atoms with Crippen LogP contribution < -0.4 is 0 Å². The second kappa shape index (κ2) is 5.26. The Bertz CT molecular complexity index is 354. The molecular weight excluding hydrogens is 256 g/mol. The normalized spacial score (nSPS) is 12.3. The van der Waals surface area contributed by atoms with E-state index in [4.69, 9.17) is 0 Å². The fourth-order valence-corrected chi connectivity index (χ4v) is 1.61. The molecule has 0 saturated heterocycles. The highest BCUT2D eigenvalue weighted by Crippen LogP contribution is 2.16. The molecule has 1 rings (SSSR count). The Hall–Kier alpha value is -0.900. The molecule has 4 heteroatoms. The van der Waals surface area contributed by atoms with Gasteiger partial charge in [-0.15, -0.1) is 0 Å². The summed E-state index contributed by atoms with van der Waals surface area (Å²) >= 11 is 3.33. The Morgan fingerprint density at radius 2 is 2.33 bits per heavy atom. The van der Waals surface area contributed by atoms with Crippen molar-refractivity contribution in [1.82, 2.24) is 9.88 Å². The highest BCUT2D eigenvalue weighted by Gasteiger charge is 2.19. The van der Waals surface area contributed by atoms with E-state index in [1.165, 1.54) is 0 Å². The Balaban J connectivity index is 2.90. The van der Waals surface area contributed by atoms with Crippen LogP contribution in [0, 0.1) is 0 Å². The molecule has 3 nitrogen and oxygen atoms in total. The Morgan fingerprint density at radius 1 is 1.67 bits per heavy atom. The first-order valence-electron chi connectivity index (χ1n) is 4.95. The minimum absolute atomic E-state index is 0.0446. The van der Waals surface area contributed by atoms with Gasteiger partial charge in [-0.3, -0.25) is 4.79 Å². The second-order valence-corrected chi connectivity index (χ2v) is 4.36. The maximum Gasteiger partial charge on any atom is 0.273 e. The molecule has 0 radical (unpaired) electrons. The lowest BCUT2D eigenvalue weighted by Gasteiger charge is -2.23. The van der Waals surface area contributed by atoms with Crippen molar-refractivity contribution in [1.29, 1.82) is 0 Å². The van der Waals surface area contributed by atoms with Crippen molar-refractivity contribution >= 4 is 21.8 Å². The summed E-state index contributed by atoms with van der Waals surface area (Å²) < 4.78 is 0.741. The molecule has 0 bridgehead atoms. The van der Waals surface area contributed by atoms with Gasteiger partial charge in [0, 0.05) is 23.8 Å². The molecule has 0 aliphatic rings. The maximum atomic E-state index is 12.0. The standard InChI is InChI=1S/C11H15BrN2O/c1-4-8(2)14(3)11(15)10-9(12)6-5-7-13-10/h5-8H,4H2,1-3H3. The van der Waals surface area contributed by atoms with Crippen molar-refractivity contribution in [2.24, 2.45) is 0 Å². The summed E-state index contributed by atoms with van der Waals surface area (Å²) in [7, 11) is 1.80. The average molecular weight is 271 g/mol. The van der Waals surface area contributed by atoms with E-state index in [0.29, 0.717) is 5.69 Å². The number of nitrogens with zero attached hydrogens (tertiary/aromatic N) is 2. The van der Waals surface area contributed by atoms with Crippen molar-refractivity contribution < 1.29 is 4.79 Å². The van der Waals surface area contributed by atoms with Gasteiger partial charge < -0.3 is 4.90 Å². The van der Waals surface area contributed by atoms with Crippen LogP contribution in [-0.4, -0.2) is 28.9 Å². The number of hydrogen-bond acceptors (Lipinski definition) is 2. The summed E-state index contributed by atoms with van der Waals surface area (Å²) in [5, 5.41) is 0. The maximum absolute atomic E-state index is 12.0. The quantitative estimate of drug-likeness (QED) is 0.846. The number of rotatable bonds is 3. The molecule has 0 aromatic carbocycles. The Morgan fingerprint density at radius 3 is 2.87 bits per heavy atom. The van der Waals surface area contributed by atoms with Crippen LogP contribution in [0.15, 0.2) is 22.8 Å². The second-order valence-electron chi connectivity index (χ2n) is 3.51. The number of carbonyl (C=O) groups is 1. The van der Waals surface area contributed by atoms with Gasteiger partial charge in [-0.1, -0.05) is 6.92 Å². The lowest BCUT2D eigenvalue weighted by molar-refractivity contribution is 0.0733. The van der Waals surface area contributed by atoms with Crippen molar-refractivity contribution in [3.63, 3.8) is 0 Å². The van der Waals surface area contributed by atoms with Crippen LogP contribution in [0.1, 0.15) is 30.8 Å². The number of pyridine rings is 1. The Labute approximate surface area is 98.6 Å². The molecule has 82 valence electrons. The van der Waals surface area contributed by atoms with Gasteiger partial charge in [0.1, 0.15) is 5.69 Å². The zero-order valence-electron chi connectivity index (χ0n) is 9.20. The van der Waals surface area contributed by atoms with Gasteiger partial charge in [0.05, 0.1) is 0 Å². The van der Waals surface area contributed by atoms with E-state index in [1.54, 1.807) is 24.2 Å². The van der Waals surface area contributed by atoms with Crippen LogP contribution >= 0.6 is 15.9 Å². The van der Waals surface area contributed by atoms with Crippen molar-refractivity contribution in [2.45, 2.75) is 26.3 Å². The van der Waals surface area contributed by atoms with Crippen molar-refractivity contribution in [2.75, 3.05) is 7.05 Å². The van der Waals surface area contributed by atoms with E-state index in [0.717, 1.165) is 10.9 Å². The fourth-order valence-electron chi connectivity index (χ4n) is 1.18. The number of carbonyl (C=O) groups excluding carboxylic acids is 1. The minimum atomic E-state index is -0.0446. The number of aromatic nitrogens is 1. The van der Waals surface area contributed by atoms with E-state index < -0.39 is 0 Å². The molecule has 1 heterocycles. The van der Waals surface area contributed by atoms with Crippen LogP contribution in [0.2, 0.25) is 0 Å². The molecule has 1 unspecified atom stereocenters. The van der Waals surface area contributed by atoms with E-state index >= 15 is 0 Å². The minimum Gasteiger partial charge on any atom is -0.338 e. The van der Waals surface area contributed by atoms with Crippen LogP contribution in [0.4, 0.5) is 0 Å². The number of hydrogen-bond donors (Lipinski definition) is 0. The van der Waals surface area contributed by atoms with Gasteiger partial charge in [0.15, 0.2) is 0 Å². The summed E-state index contributed by atoms with van der Waals surface area (Å²) in [5.41, 5.74) is 0.473. The molecule has 1 aromatic heterocycles. The van der Waals surface area contributed by atoms with E-state index in [-0.39, 0.29) is 11.9 Å². The van der Waals surface area contributed by atoms with Crippen LogP contribution in [-0.2, 0) is 0 Å². The highest BCUT2D eigenvalue weighted by molar-refractivity contribution is 9.10.